The van der Waals surface area contributed by atoms with Crippen molar-refractivity contribution in [3.63, 3.8) is 0 Å². The quantitative estimate of drug-likeness (QED) is 0.834. The molecule has 0 aliphatic carbocycles. The van der Waals surface area contributed by atoms with Crippen molar-refractivity contribution < 1.29 is 0 Å². The molecule has 1 rings (SSSR count). The lowest BCUT2D eigenvalue weighted by molar-refractivity contribution is 0.606. The molecule has 0 bridgehead atoms. The molecule has 0 aliphatic rings. The van der Waals surface area contributed by atoms with Gasteiger partial charge in [0.05, 0.1) is 0 Å². The topological polar surface area (TPSA) is 28.2 Å². The van der Waals surface area contributed by atoms with Gasteiger partial charge in [-0.3, -0.25) is 0 Å². The predicted octanol–water partition coefficient (Wildman–Crippen LogP) is 3.58. The number of nitrogens with one attached hydrogen (secondary N) is 1. The molecule has 3 nitrogen and oxygen atoms in total. The van der Waals surface area contributed by atoms with Crippen molar-refractivity contribution in [1.82, 2.24) is 10.3 Å². The number of aromatic nitrogens is 1. The van der Waals surface area contributed by atoms with Crippen molar-refractivity contribution in [3.05, 3.63) is 22.3 Å². The fourth-order valence-electron chi connectivity index (χ4n) is 2.00. The molecular formula is C14H24BrN3. The summed E-state index contributed by atoms with van der Waals surface area (Å²) in [7, 11) is 2.13. The SMILES string of the molecule is CCCC(C)N(C)c1ncc(Br)cc1CNCC. The normalized spacial score (nSPS) is 12.5. The minimum atomic E-state index is 0.518. The van der Waals surface area contributed by atoms with Crippen LogP contribution in [0, 0.1) is 0 Å². The average Bonchev–Trinajstić information content (AvgIpc) is 2.36. The summed E-state index contributed by atoms with van der Waals surface area (Å²) >= 11 is 3.50. The third kappa shape index (κ3) is 4.25. The average molecular weight is 314 g/mol. The van der Waals surface area contributed by atoms with Gasteiger partial charge in [0.25, 0.3) is 0 Å². The molecule has 1 aromatic heterocycles. The first-order chi connectivity index (χ1) is 8.60. The number of halogens is 1. The first-order valence-corrected chi connectivity index (χ1v) is 7.47. The Labute approximate surface area is 119 Å². The molecule has 0 aliphatic heterocycles. The van der Waals surface area contributed by atoms with E-state index in [4.69, 9.17) is 0 Å². The summed E-state index contributed by atoms with van der Waals surface area (Å²) in [5, 5.41) is 3.37. The third-order valence-corrected chi connectivity index (χ3v) is 3.61. The van der Waals surface area contributed by atoms with Gasteiger partial charge < -0.3 is 10.2 Å². The smallest absolute Gasteiger partial charge is 0.133 e. The fraction of sp³-hybridized carbons (Fsp3) is 0.643. The minimum absolute atomic E-state index is 0.518. The van der Waals surface area contributed by atoms with Crippen LogP contribution in [0.4, 0.5) is 5.82 Å². The van der Waals surface area contributed by atoms with Crippen LogP contribution in [0.25, 0.3) is 0 Å². The lowest BCUT2D eigenvalue weighted by Crippen LogP contribution is -2.31. The first kappa shape index (κ1) is 15.4. The highest BCUT2D eigenvalue weighted by atomic mass is 79.9. The third-order valence-electron chi connectivity index (χ3n) is 3.18. The number of pyridine rings is 1. The summed E-state index contributed by atoms with van der Waals surface area (Å²) in [6, 6.07) is 2.67. The van der Waals surface area contributed by atoms with Gasteiger partial charge in [-0.15, -0.1) is 0 Å². The molecule has 1 heterocycles. The van der Waals surface area contributed by atoms with Gasteiger partial charge >= 0.3 is 0 Å². The monoisotopic (exact) mass is 313 g/mol. The van der Waals surface area contributed by atoms with Gasteiger partial charge in [-0.25, -0.2) is 4.98 Å². The molecule has 4 heteroatoms. The number of hydrogen-bond acceptors (Lipinski definition) is 3. The maximum atomic E-state index is 4.57. The van der Waals surface area contributed by atoms with Crippen molar-refractivity contribution in [2.24, 2.45) is 0 Å². The maximum absolute atomic E-state index is 4.57. The van der Waals surface area contributed by atoms with E-state index in [9.17, 15) is 0 Å². The summed E-state index contributed by atoms with van der Waals surface area (Å²) in [5.41, 5.74) is 1.25. The molecule has 0 amide bonds. The van der Waals surface area contributed by atoms with Crippen molar-refractivity contribution in [1.29, 1.82) is 0 Å². The van der Waals surface area contributed by atoms with E-state index in [0.717, 1.165) is 23.4 Å². The molecule has 0 radical (unpaired) electrons. The van der Waals surface area contributed by atoms with Gasteiger partial charge in [0.1, 0.15) is 5.82 Å². The summed E-state index contributed by atoms with van der Waals surface area (Å²) in [6.45, 7) is 8.43. The second-order valence-corrected chi connectivity index (χ2v) is 5.58. The molecule has 0 fully saturated rings. The van der Waals surface area contributed by atoms with Crippen molar-refractivity contribution in [2.45, 2.75) is 46.2 Å². The maximum Gasteiger partial charge on any atom is 0.133 e. The van der Waals surface area contributed by atoms with Crippen molar-refractivity contribution >= 4 is 21.7 Å². The van der Waals surface area contributed by atoms with Crippen LogP contribution in [0.15, 0.2) is 16.7 Å². The van der Waals surface area contributed by atoms with E-state index in [1.54, 1.807) is 0 Å². The van der Waals surface area contributed by atoms with Crippen LogP contribution in [0.3, 0.4) is 0 Å². The number of rotatable bonds is 7. The Kier molecular flexibility index (Phi) is 6.65. The Bertz CT molecular complexity index is 368. The Balaban J connectivity index is 2.91. The van der Waals surface area contributed by atoms with E-state index < -0.39 is 0 Å². The van der Waals surface area contributed by atoms with Gasteiger partial charge in [-0.2, -0.15) is 0 Å². The summed E-state index contributed by atoms with van der Waals surface area (Å²) in [5.74, 6) is 1.08. The fourth-order valence-corrected chi connectivity index (χ4v) is 2.38. The molecule has 0 saturated carbocycles. The zero-order valence-corrected chi connectivity index (χ0v) is 13.4. The van der Waals surface area contributed by atoms with Crippen LogP contribution in [0.2, 0.25) is 0 Å². The lowest BCUT2D eigenvalue weighted by atomic mass is 10.1. The van der Waals surface area contributed by atoms with Crippen molar-refractivity contribution in [3.8, 4) is 0 Å². The molecule has 0 aromatic carbocycles. The van der Waals surface area contributed by atoms with E-state index in [1.807, 2.05) is 6.20 Å². The molecule has 1 N–H and O–H groups in total. The van der Waals surface area contributed by atoms with Crippen LogP contribution >= 0.6 is 15.9 Å². The van der Waals surface area contributed by atoms with E-state index in [-0.39, 0.29) is 0 Å². The van der Waals surface area contributed by atoms with Gasteiger partial charge in [0, 0.05) is 35.9 Å². The number of hydrogen-bond donors (Lipinski definition) is 1. The first-order valence-electron chi connectivity index (χ1n) is 6.68. The standard InChI is InChI=1S/C14H24BrN3/c1-5-7-11(3)18(4)14-12(9-16-6-2)8-13(15)10-17-14/h8,10-11,16H,5-7,9H2,1-4H3. The molecule has 1 aromatic rings. The summed E-state index contributed by atoms with van der Waals surface area (Å²) < 4.78 is 1.04. The van der Waals surface area contributed by atoms with Gasteiger partial charge in [0.2, 0.25) is 0 Å². The number of anilines is 1. The van der Waals surface area contributed by atoms with E-state index >= 15 is 0 Å². The van der Waals surface area contributed by atoms with E-state index in [1.165, 1.54) is 18.4 Å². The van der Waals surface area contributed by atoms with Crippen LogP contribution < -0.4 is 10.2 Å². The van der Waals surface area contributed by atoms with E-state index in [2.05, 4.69) is 65.0 Å². The molecule has 18 heavy (non-hydrogen) atoms. The van der Waals surface area contributed by atoms with Gasteiger partial charge in [-0.05, 0) is 41.9 Å². The molecule has 1 unspecified atom stereocenters. The van der Waals surface area contributed by atoms with E-state index in [0.29, 0.717) is 6.04 Å². The highest BCUT2D eigenvalue weighted by molar-refractivity contribution is 9.10. The Morgan fingerprint density at radius 2 is 2.17 bits per heavy atom. The number of nitrogens with zero attached hydrogens (tertiary/aromatic N) is 2. The van der Waals surface area contributed by atoms with Crippen molar-refractivity contribution in [2.75, 3.05) is 18.5 Å². The molecule has 102 valence electrons. The second-order valence-electron chi connectivity index (χ2n) is 4.67. The molecular weight excluding hydrogens is 290 g/mol. The van der Waals surface area contributed by atoms with Crippen LogP contribution in [-0.4, -0.2) is 24.6 Å². The van der Waals surface area contributed by atoms with Crippen LogP contribution in [-0.2, 0) is 6.54 Å². The largest absolute Gasteiger partial charge is 0.357 e. The minimum Gasteiger partial charge on any atom is -0.357 e. The van der Waals surface area contributed by atoms with Gasteiger partial charge in [-0.1, -0.05) is 20.3 Å². The van der Waals surface area contributed by atoms with Crippen LogP contribution in [0.1, 0.15) is 39.2 Å². The Morgan fingerprint density at radius 3 is 2.78 bits per heavy atom. The predicted molar refractivity (Wildman–Crippen MR) is 82.1 cm³/mol. The Hall–Kier alpha value is -0.610. The summed E-state index contributed by atoms with van der Waals surface area (Å²) in [6.07, 6.45) is 4.26. The molecule has 0 spiro atoms. The molecule has 0 saturated heterocycles. The van der Waals surface area contributed by atoms with Gasteiger partial charge in [0.15, 0.2) is 0 Å². The zero-order valence-electron chi connectivity index (χ0n) is 11.8. The van der Waals surface area contributed by atoms with Crippen LogP contribution in [0.5, 0.6) is 0 Å². The highest BCUT2D eigenvalue weighted by Crippen LogP contribution is 2.23. The summed E-state index contributed by atoms with van der Waals surface area (Å²) in [4.78, 5) is 6.85. The Morgan fingerprint density at radius 1 is 1.44 bits per heavy atom. The lowest BCUT2D eigenvalue weighted by Gasteiger charge is -2.27. The zero-order chi connectivity index (χ0) is 13.5. The highest BCUT2D eigenvalue weighted by Gasteiger charge is 2.14. The second kappa shape index (κ2) is 7.74. The molecule has 1 atom stereocenters.